The van der Waals surface area contributed by atoms with Crippen LogP contribution in [0.2, 0.25) is 0 Å². The largest absolute Gasteiger partial charge is 0.388 e. The Morgan fingerprint density at radius 1 is 1.29 bits per heavy atom. The molecule has 78 valence electrons. The number of aryl methyl sites for hydroxylation is 2. The van der Waals surface area contributed by atoms with Crippen molar-refractivity contribution in [2.45, 2.75) is 40.2 Å². The van der Waals surface area contributed by atoms with Crippen LogP contribution >= 0.6 is 15.9 Å². The molecule has 0 aromatic heterocycles. The fourth-order valence-corrected chi connectivity index (χ4v) is 2.22. The average Bonchev–Trinajstić information content (AvgIpc) is 2.14. The lowest BCUT2D eigenvalue weighted by atomic mass is 9.94. The second kappa shape index (κ2) is 4.45. The van der Waals surface area contributed by atoms with E-state index in [-0.39, 0.29) is 6.10 Å². The van der Waals surface area contributed by atoms with Gasteiger partial charge in [-0.1, -0.05) is 28.9 Å². The number of aliphatic hydroxyl groups excluding tert-OH is 1. The molecule has 1 rings (SSSR count). The van der Waals surface area contributed by atoms with E-state index in [0.717, 1.165) is 22.0 Å². The first-order chi connectivity index (χ1) is 6.49. The van der Waals surface area contributed by atoms with E-state index >= 15 is 0 Å². The zero-order valence-electron chi connectivity index (χ0n) is 9.19. The van der Waals surface area contributed by atoms with Crippen LogP contribution in [0.3, 0.4) is 0 Å². The minimum atomic E-state index is -0.341. The lowest BCUT2D eigenvalue weighted by Gasteiger charge is -2.17. The van der Waals surface area contributed by atoms with Gasteiger partial charge in [-0.25, -0.2) is 0 Å². The van der Waals surface area contributed by atoms with Gasteiger partial charge in [0.1, 0.15) is 0 Å². The van der Waals surface area contributed by atoms with Gasteiger partial charge in [0.15, 0.2) is 0 Å². The van der Waals surface area contributed by atoms with E-state index in [0.29, 0.717) is 0 Å². The molecule has 0 heterocycles. The summed E-state index contributed by atoms with van der Waals surface area (Å²) < 4.78 is 1.12. The Balaban J connectivity index is 3.36. The summed E-state index contributed by atoms with van der Waals surface area (Å²) in [5, 5.41) is 9.89. The van der Waals surface area contributed by atoms with Crippen molar-refractivity contribution in [3.8, 4) is 0 Å². The fraction of sp³-hybridized carbons (Fsp3) is 0.500. The Morgan fingerprint density at radius 2 is 1.86 bits per heavy atom. The summed E-state index contributed by atoms with van der Waals surface area (Å²) in [7, 11) is 0. The third kappa shape index (κ3) is 2.01. The molecule has 0 saturated heterocycles. The molecule has 1 aromatic rings. The van der Waals surface area contributed by atoms with Crippen molar-refractivity contribution >= 4 is 15.9 Å². The van der Waals surface area contributed by atoms with Gasteiger partial charge in [-0.15, -0.1) is 0 Å². The molecule has 14 heavy (non-hydrogen) atoms. The highest BCUT2D eigenvalue weighted by atomic mass is 79.9. The zero-order valence-corrected chi connectivity index (χ0v) is 10.8. The molecule has 1 nitrogen and oxygen atoms in total. The lowest BCUT2D eigenvalue weighted by molar-refractivity contribution is 0.172. The van der Waals surface area contributed by atoms with Crippen molar-refractivity contribution in [1.82, 2.24) is 0 Å². The van der Waals surface area contributed by atoms with E-state index in [1.165, 1.54) is 11.1 Å². The van der Waals surface area contributed by atoms with Crippen LogP contribution in [0, 0.1) is 20.8 Å². The molecule has 2 heteroatoms. The molecule has 0 aliphatic rings. The Hall–Kier alpha value is -0.340. The minimum Gasteiger partial charge on any atom is -0.388 e. The molecule has 0 aliphatic carbocycles. The topological polar surface area (TPSA) is 20.2 Å². The van der Waals surface area contributed by atoms with Crippen LogP contribution in [-0.4, -0.2) is 5.11 Å². The van der Waals surface area contributed by atoms with Crippen LogP contribution in [0.15, 0.2) is 10.5 Å². The molecular formula is C12H17BrO. The first-order valence-corrected chi connectivity index (χ1v) is 5.72. The maximum absolute atomic E-state index is 9.89. The van der Waals surface area contributed by atoms with Gasteiger partial charge >= 0.3 is 0 Å². The van der Waals surface area contributed by atoms with Crippen molar-refractivity contribution in [1.29, 1.82) is 0 Å². The molecule has 1 N–H and O–H groups in total. The molecule has 0 fully saturated rings. The van der Waals surface area contributed by atoms with Gasteiger partial charge in [-0.05, 0) is 49.4 Å². The van der Waals surface area contributed by atoms with Gasteiger partial charge in [0, 0.05) is 4.47 Å². The van der Waals surface area contributed by atoms with E-state index in [4.69, 9.17) is 0 Å². The highest BCUT2D eigenvalue weighted by Crippen LogP contribution is 2.31. The zero-order chi connectivity index (χ0) is 10.9. The normalized spacial score (nSPS) is 13.0. The Kier molecular flexibility index (Phi) is 3.73. The number of halogens is 1. The van der Waals surface area contributed by atoms with Gasteiger partial charge < -0.3 is 5.11 Å². The minimum absolute atomic E-state index is 0.341. The number of hydrogen-bond acceptors (Lipinski definition) is 1. The van der Waals surface area contributed by atoms with Gasteiger partial charge in [0.2, 0.25) is 0 Å². The van der Waals surface area contributed by atoms with Crippen LogP contribution in [-0.2, 0) is 0 Å². The van der Waals surface area contributed by atoms with Crippen molar-refractivity contribution in [3.63, 3.8) is 0 Å². The van der Waals surface area contributed by atoms with Crippen LogP contribution in [0.4, 0.5) is 0 Å². The molecule has 0 saturated carbocycles. The Labute approximate surface area is 94.3 Å². The summed E-state index contributed by atoms with van der Waals surface area (Å²) in [5.41, 5.74) is 4.64. The third-order valence-electron chi connectivity index (χ3n) is 2.66. The predicted octanol–water partition coefficient (Wildman–Crippen LogP) is 3.82. The quantitative estimate of drug-likeness (QED) is 0.853. The maximum Gasteiger partial charge on any atom is 0.0792 e. The van der Waals surface area contributed by atoms with E-state index in [1.807, 2.05) is 6.92 Å². The second-order valence-electron chi connectivity index (χ2n) is 3.79. The smallest absolute Gasteiger partial charge is 0.0792 e. The summed E-state index contributed by atoms with van der Waals surface area (Å²) in [5.74, 6) is 0. The number of hydrogen-bond donors (Lipinski definition) is 1. The SMILES string of the molecule is CC[C@H](O)c1c(C)cc(C)c(Br)c1C. The highest BCUT2D eigenvalue weighted by Gasteiger charge is 2.14. The van der Waals surface area contributed by atoms with E-state index < -0.39 is 0 Å². The summed E-state index contributed by atoms with van der Waals surface area (Å²) in [6, 6.07) is 2.12. The van der Waals surface area contributed by atoms with Crippen molar-refractivity contribution in [3.05, 3.63) is 32.8 Å². The maximum atomic E-state index is 9.89. The summed E-state index contributed by atoms with van der Waals surface area (Å²) >= 11 is 3.55. The molecule has 0 bridgehead atoms. The standard InChI is InChI=1S/C12H17BrO/c1-5-10(14)11-7(2)6-8(3)12(13)9(11)4/h6,10,14H,5H2,1-4H3/t10-/m0/s1. The molecule has 1 atom stereocenters. The van der Waals surface area contributed by atoms with Gasteiger partial charge in [0.25, 0.3) is 0 Å². The third-order valence-corrected chi connectivity index (χ3v) is 3.88. The number of rotatable bonds is 2. The molecule has 0 aliphatic heterocycles. The molecule has 0 spiro atoms. The number of benzene rings is 1. The van der Waals surface area contributed by atoms with E-state index in [9.17, 15) is 5.11 Å². The monoisotopic (exact) mass is 256 g/mol. The lowest BCUT2D eigenvalue weighted by Crippen LogP contribution is -2.03. The van der Waals surface area contributed by atoms with Gasteiger partial charge in [0.05, 0.1) is 6.10 Å². The van der Waals surface area contributed by atoms with E-state index in [2.05, 4.69) is 42.8 Å². The molecule has 0 amide bonds. The molecule has 0 radical (unpaired) electrons. The molecule has 0 unspecified atom stereocenters. The van der Waals surface area contributed by atoms with Crippen molar-refractivity contribution in [2.75, 3.05) is 0 Å². The Morgan fingerprint density at radius 3 is 2.36 bits per heavy atom. The fourth-order valence-electron chi connectivity index (χ4n) is 1.89. The number of aliphatic hydroxyl groups is 1. The summed E-state index contributed by atoms with van der Waals surface area (Å²) in [4.78, 5) is 0. The first kappa shape index (κ1) is 11.7. The first-order valence-electron chi connectivity index (χ1n) is 4.93. The van der Waals surface area contributed by atoms with Gasteiger partial charge in [-0.3, -0.25) is 0 Å². The average molecular weight is 257 g/mol. The van der Waals surface area contributed by atoms with Crippen LogP contribution in [0.5, 0.6) is 0 Å². The summed E-state index contributed by atoms with van der Waals surface area (Å²) in [6.07, 6.45) is 0.420. The van der Waals surface area contributed by atoms with Crippen molar-refractivity contribution in [2.24, 2.45) is 0 Å². The molecular weight excluding hydrogens is 240 g/mol. The predicted molar refractivity (Wildman–Crippen MR) is 63.6 cm³/mol. The summed E-state index contributed by atoms with van der Waals surface area (Å²) in [6.45, 7) is 8.18. The van der Waals surface area contributed by atoms with Crippen LogP contribution in [0.25, 0.3) is 0 Å². The Bertz CT molecular complexity index is 345. The van der Waals surface area contributed by atoms with Crippen LogP contribution < -0.4 is 0 Å². The highest BCUT2D eigenvalue weighted by molar-refractivity contribution is 9.10. The van der Waals surface area contributed by atoms with Crippen LogP contribution in [0.1, 0.15) is 41.7 Å². The van der Waals surface area contributed by atoms with Gasteiger partial charge in [-0.2, -0.15) is 0 Å². The van der Waals surface area contributed by atoms with Crippen molar-refractivity contribution < 1.29 is 5.11 Å². The van der Waals surface area contributed by atoms with E-state index in [1.54, 1.807) is 0 Å². The second-order valence-corrected chi connectivity index (χ2v) is 4.58. The molecule has 1 aromatic carbocycles.